The van der Waals surface area contributed by atoms with Crippen molar-refractivity contribution in [3.63, 3.8) is 0 Å². The molecule has 1 amide bonds. The van der Waals surface area contributed by atoms with E-state index in [1.165, 1.54) is 0 Å². The molecule has 0 spiro atoms. The third-order valence-electron chi connectivity index (χ3n) is 2.63. The van der Waals surface area contributed by atoms with Gasteiger partial charge in [-0.3, -0.25) is 9.59 Å². The molecular formula is C13H16Cl2N2O3. The van der Waals surface area contributed by atoms with Crippen molar-refractivity contribution in [2.45, 2.75) is 12.8 Å². The lowest BCUT2D eigenvalue weighted by molar-refractivity contribution is -0.137. The van der Waals surface area contributed by atoms with Crippen LogP contribution in [-0.4, -0.2) is 42.0 Å². The Morgan fingerprint density at radius 3 is 2.55 bits per heavy atom. The third kappa shape index (κ3) is 6.23. The lowest BCUT2D eigenvalue weighted by Gasteiger charge is -2.15. The number of halogens is 2. The molecule has 0 saturated heterocycles. The molecule has 110 valence electrons. The number of carboxylic acids is 1. The van der Waals surface area contributed by atoms with Gasteiger partial charge in [0.25, 0.3) is 0 Å². The second-order valence-corrected chi connectivity index (χ2v) is 5.21. The zero-order valence-corrected chi connectivity index (χ0v) is 12.5. The van der Waals surface area contributed by atoms with Crippen LogP contribution >= 0.6 is 23.2 Å². The molecule has 5 nitrogen and oxygen atoms in total. The van der Waals surface area contributed by atoms with Gasteiger partial charge in [0.15, 0.2) is 0 Å². The number of nitrogens with zero attached hydrogens (tertiary/aromatic N) is 1. The predicted molar refractivity (Wildman–Crippen MR) is 79.5 cm³/mol. The topological polar surface area (TPSA) is 69.6 Å². The molecule has 0 aliphatic rings. The number of anilines is 1. The molecule has 0 fully saturated rings. The maximum atomic E-state index is 11.8. The normalized spacial score (nSPS) is 10.6. The molecule has 7 heteroatoms. The zero-order valence-electron chi connectivity index (χ0n) is 11.0. The van der Waals surface area contributed by atoms with Crippen molar-refractivity contribution in [3.05, 3.63) is 28.2 Å². The Labute approximate surface area is 127 Å². The Balaban J connectivity index is 2.40. The molecule has 0 aliphatic heterocycles. The summed E-state index contributed by atoms with van der Waals surface area (Å²) in [6.07, 6.45) is 0.303. The van der Waals surface area contributed by atoms with E-state index in [1.807, 2.05) is 0 Å². The summed E-state index contributed by atoms with van der Waals surface area (Å²) in [5.41, 5.74) is 0.470. The molecule has 0 unspecified atom stereocenters. The van der Waals surface area contributed by atoms with E-state index in [2.05, 4.69) is 5.32 Å². The van der Waals surface area contributed by atoms with E-state index < -0.39 is 5.97 Å². The van der Waals surface area contributed by atoms with Gasteiger partial charge in [-0.1, -0.05) is 23.2 Å². The van der Waals surface area contributed by atoms with Crippen LogP contribution in [0.5, 0.6) is 0 Å². The highest BCUT2D eigenvalue weighted by Gasteiger charge is 2.09. The average Bonchev–Trinajstić information content (AvgIpc) is 2.38. The number of hydrogen-bond acceptors (Lipinski definition) is 3. The van der Waals surface area contributed by atoms with Crippen molar-refractivity contribution in [1.29, 1.82) is 0 Å². The lowest BCUT2D eigenvalue weighted by Crippen LogP contribution is -2.26. The minimum atomic E-state index is -0.855. The van der Waals surface area contributed by atoms with Gasteiger partial charge in [0.1, 0.15) is 0 Å². The Hall–Kier alpha value is -1.30. The Kier molecular flexibility index (Phi) is 6.78. The SMILES string of the molecule is CN(CCC(=O)O)CCC(=O)Nc1cc(Cl)ccc1Cl. The van der Waals surface area contributed by atoms with Crippen LogP contribution in [0.1, 0.15) is 12.8 Å². The Morgan fingerprint density at radius 2 is 1.90 bits per heavy atom. The molecule has 1 rings (SSSR count). The maximum Gasteiger partial charge on any atom is 0.304 e. The largest absolute Gasteiger partial charge is 0.481 e. The molecule has 0 atom stereocenters. The van der Waals surface area contributed by atoms with Crippen molar-refractivity contribution in [2.24, 2.45) is 0 Å². The number of aliphatic carboxylic acids is 1. The Morgan fingerprint density at radius 1 is 1.25 bits per heavy atom. The fourth-order valence-electron chi connectivity index (χ4n) is 1.50. The van der Waals surface area contributed by atoms with Gasteiger partial charge in [0.05, 0.1) is 17.1 Å². The summed E-state index contributed by atoms with van der Waals surface area (Å²) in [5, 5.41) is 12.1. The molecule has 20 heavy (non-hydrogen) atoms. The summed E-state index contributed by atoms with van der Waals surface area (Å²) in [6, 6.07) is 4.83. The second-order valence-electron chi connectivity index (χ2n) is 4.37. The highest BCUT2D eigenvalue weighted by atomic mass is 35.5. The van der Waals surface area contributed by atoms with E-state index in [4.69, 9.17) is 28.3 Å². The summed E-state index contributed by atoms with van der Waals surface area (Å²) in [7, 11) is 1.77. The molecule has 0 saturated carbocycles. The zero-order chi connectivity index (χ0) is 15.1. The van der Waals surface area contributed by atoms with Crippen LogP contribution in [0, 0.1) is 0 Å². The lowest BCUT2D eigenvalue weighted by atomic mass is 10.3. The summed E-state index contributed by atoms with van der Waals surface area (Å²) in [4.78, 5) is 24.0. The molecule has 0 aromatic heterocycles. The van der Waals surface area contributed by atoms with Gasteiger partial charge in [0.2, 0.25) is 5.91 Å². The molecule has 0 radical (unpaired) electrons. The van der Waals surface area contributed by atoms with Gasteiger partial charge in [-0.05, 0) is 25.2 Å². The monoisotopic (exact) mass is 318 g/mol. The van der Waals surface area contributed by atoms with Crippen molar-refractivity contribution in [2.75, 3.05) is 25.5 Å². The van der Waals surface area contributed by atoms with Crippen LogP contribution in [0.2, 0.25) is 10.0 Å². The van der Waals surface area contributed by atoms with E-state index in [9.17, 15) is 9.59 Å². The third-order valence-corrected chi connectivity index (χ3v) is 3.20. The van der Waals surface area contributed by atoms with Crippen molar-refractivity contribution in [3.8, 4) is 0 Å². The van der Waals surface area contributed by atoms with Crippen molar-refractivity contribution < 1.29 is 14.7 Å². The molecule has 1 aromatic rings. The molecule has 0 aliphatic carbocycles. The highest BCUT2D eigenvalue weighted by Crippen LogP contribution is 2.25. The summed E-state index contributed by atoms with van der Waals surface area (Å²) >= 11 is 11.8. The van der Waals surface area contributed by atoms with Gasteiger partial charge in [0, 0.05) is 24.5 Å². The minimum Gasteiger partial charge on any atom is -0.481 e. The summed E-state index contributed by atoms with van der Waals surface area (Å²) in [6.45, 7) is 0.873. The number of benzene rings is 1. The van der Waals surface area contributed by atoms with Gasteiger partial charge in [-0.25, -0.2) is 0 Å². The number of hydrogen-bond donors (Lipinski definition) is 2. The molecule has 1 aromatic carbocycles. The number of carbonyl (C=O) groups is 2. The van der Waals surface area contributed by atoms with Gasteiger partial charge in [-0.2, -0.15) is 0 Å². The quantitative estimate of drug-likeness (QED) is 0.811. The van der Waals surface area contributed by atoms with Crippen LogP contribution in [0.25, 0.3) is 0 Å². The molecular weight excluding hydrogens is 303 g/mol. The summed E-state index contributed by atoms with van der Waals surface area (Å²) < 4.78 is 0. The number of rotatable bonds is 7. The first-order valence-electron chi connectivity index (χ1n) is 6.03. The first-order chi connectivity index (χ1) is 9.38. The molecule has 0 bridgehead atoms. The fourth-order valence-corrected chi connectivity index (χ4v) is 1.83. The number of nitrogens with one attached hydrogen (secondary N) is 1. The minimum absolute atomic E-state index is 0.0538. The van der Waals surface area contributed by atoms with Crippen LogP contribution < -0.4 is 5.32 Å². The fraction of sp³-hybridized carbons (Fsp3) is 0.385. The first kappa shape index (κ1) is 16.8. The highest BCUT2D eigenvalue weighted by molar-refractivity contribution is 6.35. The van der Waals surface area contributed by atoms with E-state index in [-0.39, 0.29) is 18.7 Å². The first-order valence-corrected chi connectivity index (χ1v) is 6.79. The van der Waals surface area contributed by atoms with Gasteiger partial charge < -0.3 is 15.3 Å². The number of carboxylic acid groups (broad SMARTS) is 1. The smallest absolute Gasteiger partial charge is 0.304 e. The van der Waals surface area contributed by atoms with E-state index >= 15 is 0 Å². The molecule has 0 heterocycles. The van der Waals surface area contributed by atoms with E-state index in [0.29, 0.717) is 28.8 Å². The molecule has 2 N–H and O–H groups in total. The average molecular weight is 319 g/mol. The van der Waals surface area contributed by atoms with Gasteiger partial charge >= 0.3 is 5.97 Å². The maximum absolute atomic E-state index is 11.8. The van der Waals surface area contributed by atoms with E-state index in [1.54, 1.807) is 30.1 Å². The predicted octanol–water partition coefficient (Wildman–Crippen LogP) is 2.73. The van der Waals surface area contributed by atoms with Crippen LogP contribution in [0.15, 0.2) is 18.2 Å². The Bertz CT molecular complexity index is 495. The number of carbonyl (C=O) groups excluding carboxylic acids is 1. The van der Waals surface area contributed by atoms with Crippen molar-refractivity contribution in [1.82, 2.24) is 4.90 Å². The van der Waals surface area contributed by atoms with E-state index in [0.717, 1.165) is 0 Å². The van der Waals surface area contributed by atoms with Crippen LogP contribution in [0.4, 0.5) is 5.69 Å². The second kappa shape index (κ2) is 8.09. The standard InChI is InChI=1S/C13H16Cl2N2O3/c1-17(7-5-13(19)20)6-4-12(18)16-11-8-9(14)2-3-10(11)15/h2-3,8H,4-7H2,1H3,(H,16,18)(H,19,20). The number of amides is 1. The van der Waals surface area contributed by atoms with Gasteiger partial charge in [-0.15, -0.1) is 0 Å². The van der Waals surface area contributed by atoms with Crippen molar-refractivity contribution >= 4 is 40.8 Å². The van der Waals surface area contributed by atoms with Crippen LogP contribution in [0.3, 0.4) is 0 Å². The summed E-state index contributed by atoms with van der Waals surface area (Å²) in [5.74, 6) is -1.05. The van der Waals surface area contributed by atoms with Crippen LogP contribution in [-0.2, 0) is 9.59 Å².